The number of likely N-dealkylation sites (N-methyl/N-ethyl adjacent to an activating group) is 1. The summed E-state index contributed by atoms with van der Waals surface area (Å²) < 4.78 is 5.43. The Morgan fingerprint density at radius 2 is 2.04 bits per heavy atom. The first-order chi connectivity index (χ1) is 13.3. The topological polar surface area (TPSA) is 99.1 Å². The number of ether oxygens (including phenoxy) is 1. The zero-order valence-electron chi connectivity index (χ0n) is 16.2. The van der Waals surface area contributed by atoms with E-state index in [9.17, 15) is 19.8 Å². The van der Waals surface area contributed by atoms with E-state index in [1.807, 2.05) is 30.1 Å². The number of carbonyl (C=O) groups is 2. The Morgan fingerprint density at radius 3 is 2.71 bits per heavy atom. The number of likely N-dealkylation sites (tertiary alicyclic amines) is 1. The predicted molar refractivity (Wildman–Crippen MR) is 100.0 cm³/mol. The monoisotopic (exact) mass is 386 g/mol. The number of Topliss-reactive ketones (excluding diaryl/α,β-unsaturated/α-hetero) is 1. The van der Waals surface area contributed by atoms with Gasteiger partial charge in [0.25, 0.3) is 0 Å². The van der Waals surface area contributed by atoms with Gasteiger partial charge in [0.2, 0.25) is 5.91 Å². The molecule has 1 saturated carbocycles. The van der Waals surface area contributed by atoms with Gasteiger partial charge in [-0.1, -0.05) is 6.07 Å². The molecule has 2 aliphatic carbocycles. The third-order valence-corrected chi connectivity index (χ3v) is 7.85. The van der Waals surface area contributed by atoms with Crippen molar-refractivity contribution in [1.29, 1.82) is 0 Å². The van der Waals surface area contributed by atoms with Gasteiger partial charge in [-0.25, -0.2) is 0 Å². The molecule has 1 spiro atoms. The van der Waals surface area contributed by atoms with Crippen molar-refractivity contribution in [1.82, 2.24) is 10.2 Å². The van der Waals surface area contributed by atoms with Crippen LogP contribution in [0.15, 0.2) is 18.2 Å². The molecule has 1 amide bonds. The van der Waals surface area contributed by atoms with E-state index in [0.717, 1.165) is 11.1 Å². The molecule has 5 rings (SSSR count). The van der Waals surface area contributed by atoms with Gasteiger partial charge in [0.1, 0.15) is 11.3 Å². The zero-order chi connectivity index (χ0) is 19.9. The summed E-state index contributed by atoms with van der Waals surface area (Å²) in [6, 6.07) is 5.13. The molecule has 28 heavy (non-hydrogen) atoms. The second-order valence-corrected chi connectivity index (χ2v) is 8.99. The van der Waals surface area contributed by atoms with E-state index in [0.29, 0.717) is 38.0 Å². The van der Waals surface area contributed by atoms with Gasteiger partial charge in [-0.3, -0.25) is 14.5 Å². The minimum atomic E-state index is -1.18. The van der Waals surface area contributed by atoms with Crippen LogP contribution < -0.4 is 10.1 Å². The number of aliphatic hydroxyl groups excluding tert-OH is 1. The van der Waals surface area contributed by atoms with Crippen LogP contribution >= 0.6 is 0 Å². The lowest BCUT2D eigenvalue weighted by Gasteiger charge is -2.66. The van der Waals surface area contributed by atoms with Crippen LogP contribution in [0.5, 0.6) is 5.75 Å². The summed E-state index contributed by atoms with van der Waals surface area (Å²) in [5, 5.41) is 26.2. The Morgan fingerprint density at radius 1 is 1.25 bits per heavy atom. The van der Waals surface area contributed by atoms with Gasteiger partial charge in [0, 0.05) is 5.41 Å². The molecule has 0 unspecified atom stereocenters. The fraction of sp³-hybridized carbons (Fsp3) is 0.619. The summed E-state index contributed by atoms with van der Waals surface area (Å²) in [5.41, 5.74) is -1.21. The second kappa shape index (κ2) is 5.55. The highest BCUT2D eigenvalue weighted by molar-refractivity contribution is 6.10. The van der Waals surface area contributed by atoms with Crippen LogP contribution in [0.25, 0.3) is 0 Å². The third-order valence-electron chi connectivity index (χ3n) is 7.85. The van der Waals surface area contributed by atoms with Crippen LogP contribution in [-0.2, 0) is 15.0 Å². The predicted octanol–water partition coefficient (Wildman–Crippen LogP) is 0.427. The molecular formula is C21H26N2O5. The summed E-state index contributed by atoms with van der Waals surface area (Å²) in [7, 11) is 3.52. The fourth-order valence-electron chi connectivity index (χ4n) is 6.52. The number of hydrogen-bond donors (Lipinski definition) is 3. The first kappa shape index (κ1) is 18.1. The molecular weight excluding hydrogens is 360 g/mol. The van der Waals surface area contributed by atoms with Crippen molar-refractivity contribution in [3.8, 4) is 5.75 Å². The highest BCUT2D eigenvalue weighted by Gasteiger charge is 2.70. The summed E-state index contributed by atoms with van der Waals surface area (Å²) in [4.78, 5) is 26.9. The quantitative estimate of drug-likeness (QED) is 0.606. The normalized spacial score (nSPS) is 42.1. The van der Waals surface area contributed by atoms with E-state index >= 15 is 0 Å². The Balaban J connectivity index is 1.74. The molecule has 3 N–H and O–H groups in total. The summed E-state index contributed by atoms with van der Waals surface area (Å²) in [5.74, 6) is 0.333. The zero-order valence-corrected chi connectivity index (χ0v) is 16.2. The fourth-order valence-corrected chi connectivity index (χ4v) is 6.52. The Hall–Kier alpha value is -1.96. The number of ketones is 1. The number of nitrogens with zero attached hydrogens (tertiary/aromatic N) is 1. The Bertz CT molecular complexity index is 888. The van der Waals surface area contributed by atoms with E-state index in [-0.39, 0.29) is 18.1 Å². The van der Waals surface area contributed by atoms with Crippen molar-refractivity contribution in [2.75, 3.05) is 20.7 Å². The number of benzene rings is 1. The van der Waals surface area contributed by atoms with Crippen molar-refractivity contribution in [3.05, 3.63) is 29.3 Å². The maximum Gasteiger partial charge on any atom is 0.228 e. The minimum absolute atomic E-state index is 0.0834. The third kappa shape index (κ3) is 1.99. The molecule has 2 bridgehead atoms. The number of amides is 1. The van der Waals surface area contributed by atoms with Crippen molar-refractivity contribution >= 4 is 11.7 Å². The molecule has 2 heterocycles. The first-order valence-corrected chi connectivity index (χ1v) is 9.90. The van der Waals surface area contributed by atoms with Crippen molar-refractivity contribution in [3.63, 3.8) is 0 Å². The lowest BCUT2D eigenvalue weighted by atomic mass is 9.46. The van der Waals surface area contributed by atoms with Crippen LogP contribution in [0, 0.1) is 0 Å². The van der Waals surface area contributed by atoms with Gasteiger partial charge in [0.05, 0.1) is 31.3 Å². The molecule has 2 aliphatic heterocycles. The lowest BCUT2D eigenvalue weighted by molar-refractivity contribution is -0.202. The molecule has 7 nitrogen and oxygen atoms in total. The first-order valence-electron chi connectivity index (χ1n) is 9.90. The standard InChI is InChI=1S/C21H26N2O5/c1-23-8-7-19-11-20(15(24)10-16(25)22-20)5-6-21(19,27)18(23)17(26)13-4-3-12(28-2)9-14(13)19/h3-4,9,17-18,26-27H,5-8,10-11H2,1-2H3,(H,22,25)/t17-,18-,19-,20+,21-/m1/s1. The van der Waals surface area contributed by atoms with Gasteiger partial charge in [-0.2, -0.15) is 0 Å². The SMILES string of the molecule is COc1ccc2c(c1)[C@]13CCN(C)[C@H]([C@@H]2O)[C@]1(O)CC[C@@]1(C3)NC(=O)CC1=O. The molecule has 3 fully saturated rings. The number of aliphatic hydroxyl groups is 2. The van der Waals surface area contributed by atoms with Gasteiger partial charge in [-0.05, 0) is 62.5 Å². The molecule has 1 aromatic carbocycles. The number of hydrogen-bond acceptors (Lipinski definition) is 6. The number of rotatable bonds is 1. The lowest BCUT2D eigenvalue weighted by Crippen LogP contribution is -2.76. The highest BCUT2D eigenvalue weighted by Crippen LogP contribution is 2.62. The molecule has 4 aliphatic rings. The van der Waals surface area contributed by atoms with Crippen molar-refractivity contribution in [2.45, 2.75) is 60.8 Å². The Labute approximate surface area is 163 Å². The average Bonchev–Trinajstić information content (AvgIpc) is 2.94. The number of carbonyl (C=O) groups excluding carboxylic acids is 2. The molecule has 7 heteroatoms. The van der Waals surface area contributed by atoms with Gasteiger partial charge >= 0.3 is 0 Å². The van der Waals surface area contributed by atoms with Gasteiger partial charge in [-0.15, -0.1) is 0 Å². The maximum absolute atomic E-state index is 12.8. The summed E-state index contributed by atoms with van der Waals surface area (Å²) >= 11 is 0. The molecule has 0 radical (unpaired) electrons. The van der Waals surface area contributed by atoms with Crippen LogP contribution in [0.1, 0.15) is 49.3 Å². The number of methoxy groups -OCH3 is 1. The molecule has 0 aromatic heterocycles. The van der Waals surface area contributed by atoms with E-state index in [4.69, 9.17) is 4.74 Å². The van der Waals surface area contributed by atoms with E-state index in [1.165, 1.54) is 0 Å². The average molecular weight is 386 g/mol. The van der Waals surface area contributed by atoms with Gasteiger partial charge in [0.15, 0.2) is 5.78 Å². The smallest absolute Gasteiger partial charge is 0.228 e. The molecule has 150 valence electrons. The second-order valence-electron chi connectivity index (χ2n) is 8.99. The number of piperidine rings is 1. The molecule has 2 saturated heterocycles. The van der Waals surface area contributed by atoms with Crippen LogP contribution in [0.4, 0.5) is 0 Å². The summed E-state index contributed by atoms with van der Waals surface area (Å²) in [6.07, 6.45) is 0.832. The van der Waals surface area contributed by atoms with Crippen LogP contribution in [-0.4, -0.2) is 64.7 Å². The maximum atomic E-state index is 12.8. The number of fused-ring (bicyclic) bond motifs is 1. The molecule has 1 aromatic rings. The Kier molecular flexibility index (Phi) is 3.59. The highest BCUT2D eigenvalue weighted by atomic mass is 16.5. The molecule has 5 atom stereocenters. The van der Waals surface area contributed by atoms with Crippen molar-refractivity contribution in [2.24, 2.45) is 0 Å². The van der Waals surface area contributed by atoms with E-state index in [2.05, 4.69) is 5.32 Å². The van der Waals surface area contributed by atoms with Gasteiger partial charge < -0.3 is 20.3 Å². The summed E-state index contributed by atoms with van der Waals surface area (Å²) in [6.45, 7) is 0.693. The number of nitrogens with one attached hydrogen (secondary N) is 1. The largest absolute Gasteiger partial charge is 0.497 e. The van der Waals surface area contributed by atoms with Crippen molar-refractivity contribution < 1.29 is 24.5 Å². The van der Waals surface area contributed by atoms with E-state index in [1.54, 1.807) is 7.11 Å². The van der Waals surface area contributed by atoms with E-state index < -0.39 is 28.7 Å². The van der Waals surface area contributed by atoms with Crippen LogP contribution in [0.2, 0.25) is 0 Å². The minimum Gasteiger partial charge on any atom is -0.497 e. The van der Waals surface area contributed by atoms with Crippen LogP contribution in [0.3, 0.4) is 0 Å².